The second-order valence-electron chi connectivity index (χ2n) is 8.71. The summed E-state index contributed by atoms with van der Waals surface area (Å²) in [7, 11) is 0. The lowest BCUT2D eigenvalue weighted by Gasteiger charge is -2.28. The second kappa shape index (κ2) is 9.18. The van der Waals surface area contributed by atoms with Crippen molar-refractivity contribution >= 4 is 77.2 Å². The van der Waals surface area contributed by atoms with Crippen LogP contribution in [0.5, 0.6) is 0 Å². The molecule has 0 spiro atoms. The van der Waals surface area contributed by atoms with E-state index in [1.807, 2.05) is 26.0 Å². The second-order valence-corrected chi connectivity index (χ2v) is 11.6. The maximum absolute atomic E-state index is 12.8. The van der Waals surface area contributed by atoms with Crippen molar-refractivity contribution in [3.8, 4) is 0 Å². The summed E-state index contributed by atoms with van der Waals surface area (Å²) in [5, 5.41) is 2.70. The number of likely N-dealkylation sites (tertiary alicyclic amines) is 1. The Bertz CT molecular complexity index is 945. The molecule has 2 bridgehead atoms. The number of hydrogen-bond acceptors (Lipinski definition) is 5. The monoisotopic (exact) mass is 632 g/mol. The van der Waals surface area contributed by atoms with Crippen LogP contribution in [0.2, 0.25) is 0 Å². The van der Waals surface area contributed by atoms with Crippen LogP contribution in [0.3, 0.4) is 0 Å². The van der Waals surface area contributed by atoms with Crippen molar-refractivity contribution in [3.63, 3.8) is 0 Å². The number of benzene rings is 1. The molecule has 0 aromatic heterocycles. The summed E-state index contributed by atoms with van der Waals surface area (Å²) in [6.07, 6.45) is 0.729. The minimum atomic E-state index is -0.624. The lowest BCUT2D eigenvalue weighted by molar-refractivity contribution is -0.149. The Balaban J connectivity index is 1.26. The van der Waals surface area contributed by atoms with Crippen LogP contribution in [0, 0.1) is 37.5 Å². The molecular formula is C22H23Br3N2O5. The van der Waals surface area contributed by atoms with Crippen LogP contribution in [0.1, 0.15) is 24.0 Å². The van der Waals surface area contributed by atoms with Crippen LogP contribution in [0.4, 0.5) is 5.69 Å². The molecule has 3 aliphatic rings. The fourth-order valence-electron chi connectivity index (χ4n) is 5.27. The molecule has 0 unspecified atom stereocenters. The summed E-state index contributed by atoms with van der Waals surface area (Å²) >= 11 is 10.8. The van der Waals surface area contributed by atoms with E-state index in [0.29, 0.717) is 5.69 Å². The molecule has 2 aliphatic carbocycles. The Labute approximate surface area is 211 Å². The van der Waals surface area contributed by atoms with Gasteiger partial charge in [-0.2, -0.15) is 0 Å². The van der Waals surface area contributed by atoms with Crippen molar-refractivity contribution in [2.24, 2.45) is 23.7 Å². The summed E-state index contributed by atoms with van der Waals surface area (Å²) in [6.45, 7) is 3.39. The highest BCUT2D eigenvalue weighted by atomic mass is 79.9. The number of imide groups is 1. The average Bonchev–Trinajstić information content (AvgIpc) is 3.34. The molecule has 1 saturated heterocycles. The van der Waals surface area contributed by atoms with Crippen LogP contribution < -0.4 is 5.32 Å². The van der Waals surface area contributed by atoms with Gasteiger partial charge in [0, 0.05) is 26.4 Å². The number of aryl methyl sites for hydroxylation is 2. The normalized spacial score (nSPS) is 30.6. The number of amides is 3. The molecule has 1 N–H and O–H groups in total. The third-order valence-corrected chi connectivity index (χ3v) is 11.2. The molecule has 2 saturated carbocycles. The maximum atomic E-state index is 12.8. The van der Waals surface area contributed by atoms with E-state index in [4.69, 9.17) is 4.74 Å². The van der Waals surface area contributed by atoms with Crippen molar-refractivity contribution in [1.82, 2.24) is 4.90 Å². The van der Waals surface area contributed by atoms with Crippen LogP contribution in [-0.4, -0.2) is 51.4 Å². The third-order valence-electron chi connectivity index (χ3n) is 6.70. The molecule has 32 heavy (non-hydrogen) atoms. The molecule has 0 radical (unpaired) electrons. The number of ether oxygens (including phenoxy) is 1. The molecule has 1 aromatic rings. The zero-order valence-corrected chi connectivity index (χ0v) is 22.3. The molecule has 1 aliphatic heterocycles. The van der Waals surface area contributed by atoms with Crippen LogP contribution in [0.25, 0.3) is 0 Å². The van der Waals surface area contributed by atoms with Gasteiger partial charge in [0.15, 0.2) is 6.61 Å². The number of fused-ring (bicyclic) bond motifs is 5. The van der Waals surface area contributed by atoms with Crippen molar-refractivity contribution in [2.45, 2.75) is 36.3 Å². The molecule has 10 heteroatoms. The number of rotatable bonds is 6. The van der Waals surface area contributed by atoms with Gasteiger partial charge in [-0.3, -0.25) is 24.1 Å². The fraction of sp³-hybridized carbons (Fsp3) is 0.545. The number of alkyl halides is 2. The van der Waals surface area contributed by atoms with Crippen molar-refractivity contribution in [2.75, 3.05) is 18.5 Å². The van der Waals surface area contributed by atoms with Gasteiger partial charge in [0.1, 0.15) is 0 Å². The Morgan fingerprint density at radius 3 is 2.12 bits per heavy atom. The molecule has 1 aromatic carbocycles. The smallest absolute Gasteiger partial charge is 0.308 e. The first kappa shape index (κ1) is 23.9. The largest absolute Gasteiger partial charge is 0.456 e. The first-order valence-electron chi connectivity index (χ1n) is 10.5. The number of carbonyl (C=O) groups is 4. The standard InChI is InChI=1S/C22H23Br3N2O5/c1-9-5-11(6-10(2)18(9)23)26-14(28)8-32-15(29)3-4-27-21(30)16-12-7-13(17(16)22(27)31)20(25)19(12)24/h5-6,12-13,16-17,19-20H,3-4,7-8H2,1-2H3,(H,26,28)/t12-,13-,16-,17+,19+,20+/m1/s1. The summed E-state index contributed by atoms with van der Waals surface area (Å²) < 4.78 is 6.02. The molecule has 3 amide bonds. The first-order chi connectivity index (χ1) is 15.1. The average molecular weight is 635 g/mol. The zero-order valence-electron chi connectivity index (χ0n) is 17.6. The fourth-order valence-corrected chi connectivity index (χ4v) is 7.37. The predicted molar refractivity (Wildman–Crippen MR) is 129 cm³/mol. The topological polar surface area (TPSA) is 92.8 Å². The van der Waals surface area contributed by atoms with Crippen LogP contribution in [-0.2, 0) is 23.9 Å². The van der Waals surface area contributed by atoms with Crippen LogP contribution in [0.15, 0.2) is 16.6 Å². The summed E-state index contributed by atoms with van der Waals surface area (Å²) in [6, 6.07) is 3.64. The number of nitrogens with one attached hydrogen (secondary N) is 1. The molecule has 6 atom stereocenters. The van der Waals surface area contributed by atoms with Gasteiger partial charge in [-0.15, -0.1) is 0 Å². The Kier molecular flexibility index (Phi) is 6.85. The van der Waals surface area contributed by atoms with Crippen molar-refractivity contribution in [1.29, 1.82) is 0 Å². The number of hydrogen-bond donors (Lipinski definition) is 1. The van der Waals surface area contributed by atoms with Crippen molar-refractivity contribution in [3.05, 3.63) is 27.7 Å². The SMILES string of the molecule is Cc1cc(NC(=O)COC(=O)CCN2C(=O)[C@@H]3[C@H]4C[C@@H]([C@H](Br)[C@H]4Br)[C@@H]3C2=O)cc(C)c1Br. The predicted octanol–water partition coefficient (Wildman–Crippen LogP) is 3.72. The molecular weight excluding hydrogens is 612 g/mol. The van der Waals surface area contributed by atoms with Crippen molar-refractivity contribution < 1.29 is 23.9 Å². The summed E-state index contributed by atoms with van der Waals surface area (Å²) in [5.74, 6) is -1.79. The number of esters is 1. The minimum absolute atomic E-state index is 0.0183. The van der Waals surface area contributed by atoms with E-state index in [2.05, 4.69) is 53.1 Å². The van der Waals surface area contributed by atoms with E-state index in [1.54, 1.807) is 0 Å². The lowest BCUT2D eigenvalue weighted by atomic mass is 9.81. The lowest BCUT2D eigenvalue weighted by Crippen LogP contribution is -2.37. The minimum Gasteiger partial charge on any atom is -0.456 e. The van der Waals surface area contributed by atoms with Gasteiger partial charge in [-0.05, 0) is 55.4 Å². The number of anilines is 1. The third kappa shape index (κ3) is 4.18. The maximum Gasteiger partial charge on any atom is 0.308 e. The summed E-state index contributed by atoms with van der Waals surface area (Å²) in [5.41, 5.74) is 2.58. The van der Waals surface area contributed by atoms with E-state index in [-0.39, 0.29) is 58.1 Å². The Morgan fingerprint density at radius 1 is 1.06 bits per heavy atom. The van der Waals surface area contributed by atoms with E-state index in [9.17, 15) is 19.2 Å². The quantitative estimate of drug-likeness (QED) is 0.293. The Hall–Kier alpha value is -1.26. The van der Waals surface area contributed by atoms with Gasteiger partial charge in [-0.25, -0.2) is 0 Å². The molecule has 7 nitrogen and oxygen atoms in total. The molecule has 4 rings (SSSR count). The highest BCUT2D eigenvalue weighted by Gasteiger charge is 2.66. The molecule has 1 heterocycles. The van der Waals surface area contributed by atoms with Gasteiger partial charge < -0.3 is 10.1 Å². The van der Waals surface area contributed by atoms with Gasteiger partial charge in [-0.1, -0.05) is 47.8 Å². The van der Waals surface area contributed by atoms with E-state index in [0.717, 1.165) is 22.0 Å². The molecule has 3 fully saturated rings. The van der Waals surface area contributed by atoms with E-state index >= 15 is 0 Å². The highest BCUT2D eigenvalue weighted by molar-refractivity contribution is 9.12. The first-order valence-corrected chi connectivity index (χ1v) is 13.1. The number of carbonyl (C=O) groups excluding carboxylic acids is 4. The summed E-state index contributed by atoms with van der Waals surface area (Å²) in [4.78, 5) is 51.5. The van der Waals surface area contributed by atoms with Gasteiger partial charge in [0.25, 0.3) is 5.91 Å². The Morgan fingerprint density at radius 2 is 1.59 bits per heavy atom. The number of nitrogens with zero attached hydrogens (tertiary/aromatic N) is 1. The molecule has 172 valence electrons. The van der Waals surface area contributed by atoms with E-state index < -0.39 is 18.5 Å². The zero-order chi connectivity index (χ0) is 23.3. The van der Waals surface area contributed by atoms with Gasteiger partial charge >= 0.3 is 5.97 Å². The number of halogens is 3. The highest BCUT2D eigenvalue weighted by Crippen LogP contribution is 2.60. The van der Waals surface area contributed by atoms with Gasteiger partial charge in [0.05, 0.1) is 18.3 Å². The van der Waals surface area contributed by atoms with Gasteiger partial charge in [0.2, 0.25) is 11.8 Å². The van der Waals surface area contributed by atoms with E-state index in [1.165, 1.54) is 4.90 Å². The van der Waals surface area contributed by atoms with Crippen LogP contribution >= 0.6 is 47.8 Å².